The summed E-state index contributed by atoms with van der Waals surface area (Å²) < 4.78 is 2.32. The van der Waals surface area contributed by atoms with E-state index in [1.807, 2.05) is 60.7 Å². The molecule has 6 aromatic carbocycles. The molecule has 0 unspecified atom stereocenters. The standard InChI is InChI=1S/C38H27N3S/c39-37(29-18-16-27(17-19-29)25-10-4-1-5-11-25)41-38(40)32-22-21-31(28-14-8-3-9-15-28)36-35(32)33-24-30(20-23-34(33)42-36)26-12-6-2-7-13-26/h1-24H,(H3,39,40,41). The van der Waals surface area contributed by atoms with Gasteiger partial charge in [-0.1, -0.05) is 127 Å². The second-order valence-electron chi connectivity index (χ2n) is 10.2. The molecule has 0 amide bonds. The number of nitrogens with one attached hydrogen (secondary N) is 1. The third-order valence-corrected chi connectivity index (χ3v) is 8.79. The fraction of sp³-hybridized carbons (Fsp3) is 0. The zero-order chi connectivity index (χ0) is 28.5. The van der Waals surface area contributed by atoms with Crippen LogP contribution in [-0.2, 0) is 0 Å². The third-order valence-electron chi connectivity index (χ3n) is 7.59. The van der Waals surface area contributed by atoms with Crippen molar-refractivity contribution >= 4 is 43.2 Å². The van der Waals surface area contributed by atoms with Gasteiger partial charge in [-0.3, -0.25) is 5.41 Å². The van der Waals surface area contributed by atoms with Gasteiger partial charge in [-0.05, 0) is 51.6 Å². The Balaban J connectivity index is 1.35. The van der Waals surface area contributed by atoms with Gasteiger partial charge in [0.15, 0.2) is 5.84 Å². The molecule has 200 valence electrons. The maximum absolute atomic E-state index is 9.11. The number of hydrogen-bond donors (Lipinski definition) is 2. The molecule has 0 aliphatic carbocycles. The Bertz CT molecular complexity index is 2080. The van der Waals surface area contributed by atoms with Gasteiger partial charge in [-0.25, -0.2) is 4.99 Å². The molecule has 0 aliphatic heterocycles. The lowest BCUT2D eigenvalue weighted by Crippen LogP contribution is -2.16. The number of amidine groups is 2. The second-order valence-corrected chi connectivity index (χ2v) is 11.3. The molecule has 7 aromatic rings. The van der Waals surface area contributed by atoms with Crippen LogP contribution in [0.5, 0.6) is 0 Å². The lowest BCUT2D eigenvalue weighted by Gasteiger charge is -2.10. The first-order chi connectivity index (χ1) is 20.7. The number of fused-ring (bicyclic) bond motifs is 3. The molecule has 0 fully saturated rings. The largest absolute Gasteiger partial charge is 0.383 e. The average Bonchev–Trinajstić information content (AvgIpc) is 3.44. The summed E-state index contributed by atoms with van der Waals surface area (Å²) >= 11 is 1.76. The van der Waals surface area contributed by atoms with Crippen LogP contribution >= 0.6 is 11.3 Å². The molecule has 0 saturated carbocycles. The van der Waals surface area contributed by atoms with E-state index in [0.29, 0.717) is 5.84 Å². The van der Waals surface area contributed by atoms with Crippen molar-refractivity contribution in [1.82, 2.24) is 0 Å². The van der Waals surface area contributed by atoms with E-state index in [9.17, 15) is 0 Å². The molecule has 7 rings (SSSR count). The highest BCUT2D eigenvalue weighted by atomic mass is 32.1. The minimum absolute atomic E-state index is 0.147. The Morgan fingerprint density at radius 2 is 1.12 bits per heavy atom. The summed E-state index contributed by atoms with van der Waals surface area (Å²) in [5.41, 5.74) is 14.9. The van der Waals surface area contributed by atoms with Crippen molar-refractivity contribution in [1.29, 1.82) is 5.41 Å². The Labute approximate surface area is 248 Å². The van der Waals surface area contributed by atoms with Crippen molar-refractivity contribution in [2.24, 2.45) is 10.7 Å². The van der Waals surface area contributed by atoms with Gasteiger partial charge >= 0.3 is 0 Å². The van der Waals surface area contributed by atoms with Crippen molar-refractivity contribution in [3.63, 3.8) is 0 Å². The van der Waals surface area contributed by atoms with E-state index in [0.717, 1.165) is 60.0 Å². The maximum atomic E-state index is 9.11. The van der Waals surface area contributed by atoms with E-state index in [-0.39, 0.29) is 5.84 Å². The minimum Gasteiger partial charge on any atom is -0.383 e. The summed E-state index contributed by atoms with van der Waals surface area (Å²) in [6.07, 6.45) is 0. The number of hydrogen-bond acceptors (Lipinski definition) is 2. The summed E-state index contributed by atoms with van der Waals surface area (Å²) in [6, 6.07) is 49.8. The van der Waals surface area contributed by atoms with Crippen LogP contribution in [0, 0.1) is 5.41 Å². The first-order valence-corrected chi connectivity index (χ1v) is 14.7. The fourth-order valence-corrected chi connectivity index (χ4v) is 6.69. The van der Waals surface area contributed by atoms with E-state index < -0.39 is 0 Å². The summed E-state index contributed by atoms with van der Waals surface area (Å²) in [6.45, 7) is 0. The summed E-state index contributed by atoms with van der Waals surface area (Å²) in [5.74, 6) is 0.471. The Hall–Kier alpha value is -5.32. The molecule has 3 N–H and O–H groups in total. The average molecular weight is 558 g/mol. The molecular formula is C38H27N3S. The van der Waals surface area contributed by atoms with Gasteiger partial charge in [0.25, 0.3) is 0 Å². The molecule has 0 bridgehead atoms. The Morgan fingerprint density at radius 3 is 1.76 bits per heavy atom. The number of rotatable bonds is 5. The monoisotopic (exact) mass is 557 g/mol. The van der Waals surface area contributed by atoms with Crippen molar-refractivity contribution in [2.75, 3.05) is 0 Å². The van der Waals surface area contributed by atoms with E-state index in [4.69, 9.17) is 11.1 Å². The van der Waals surface area contributed by atoms with Crippen LogP contribution in [0.15, 0.2) is 151 Å². The van der Waals surface area contributed by atoms with Crippen LogP contribution < -0.4 is 5.73 Å². The number of nitrogens with zero attached hydrogens (tertiary/aromatic N) is 1. The molecule has 3 nitrogen and oxygen atoms in total. The van der Waals surface area contributed by atoms with Gasteiger partial charge in [0.2, 0.25) is 0 Å². The minimum atomic E-state index is 0.147. The lowest BCUT2D eigenvalue weighted by atomic mass is 9.96. The number of aliphatic imine (C=N–C) groups is 1. The van der Waals surface area contributed by atoms with Crippen molar-refractivity contribution in [2.45, 2.75) is 0 Å². The molecule has 0 spiro atoms. The normalized spacial score (nSPS) is 11.7. The fourth-order valence-electron chi connectivity index (χ4n) is 5.44. The molecule has 4 heteroatoms. The highest BCUT2D eigenvalue weighted by Crippen LogP contribution is 2.43. The van der Waals surface area contributed by atoms with Crippen LogP contribution in [0.25, 0.3) is 53.6 Å². The highest BCUT2D eigenvalue weighted by Gasteiger charge is 2.18. The van der Waals surface area contributed by atoms with Gasteiger partial charge < -0.3 is 5.73 Å². The molecule has 1 heterocycles. The molecular weight excluding hydrogens is 531 g/mol. The Morgan fingerprint density at radius 1 is 0.571 bits per heavy atom. The molecule has 0 radical (unpaired) electrons. The number of benzene rings is 6. The van der Waals surface area contributed by atoms with Crippen LogP contribution in [-0.4, -0.2) is 11.7 Å². The first-order valence-electron chi connectivity index (χ1n) is 13.8. The zero-order valence-electron chi connectivity index (χ0n) is 22.8. The van der Waals surface area contributed by atoms with Crippen molar-refractivity contribution < 1.29 is 0 Å². The third kappa shape index (κ3) is 4.78. The molecule has 1 aromatic heterocycles. The lowest BCUT2D eigenvalue weighted by molar-refractivity contribution is 1.41. The second kappa shape index (κ2) is 10.9. The molecule has 42 heavy (non-hydrogen) atoms. The van der Waals surface area contributed by atoms with Gasteiger partial charge in [-0.2, -0.15) is 0 Å². The highest BCUT2D eigenvalue weighted by molar-refractivity contribution is 7.26. The summed E-state index contributed by atoms with van der Waals surface area (Å²) in [7, 11) is 0. The zero-order valence-corrected chi connectivity index (χ0v) is 23.6. The van der Waals surface area contributed by atoms with Crippen LogP contribution in [0.1, 0.15) is 11.1 Å². The maximum Gasteiger partial charge on any atom is 0.154 e. The molecule has 0 saturated heterocycles. The van der Waals surface area contributed by atoms with Gasteiger partial charge in [-0.15, -0.1) is 11.3 Å². The van der Waals surface area contributed by atoms with E-state index >= 15 is 0 Å². The predicted molar refractivity (Wildman–Crippen MR) is 180 cm³/mol. The molecule has 0 atom stereocenters. The SMILES string of the molecule is N=C(N=C(N)c1ccc(-c2ccccc2)cc1)c1ccc(-c2ccccc2)c2sc3ccc(-c4ccccc4)cc3c12. The van der Waals surface area contributed by atoms with Crippen molar-refractivity contribution in [3.05, 3.63) is 157 Å². The van der Waals surface area contributed by atoms with Crippen LogP contribution in [0.2, 0.25) is 0 Å². The summed E-state index contributed by atoms with van der Waals surface area (Å²) in [5, 5.41) is 11.3. The Kier molecular flexibility index (Phi) is 6.67. The van der Waals surface area contributed by atoms with Gasteiger partial charge in [0.1, 0.15) is 5.84 Å². The van der Waals surface area contributed by atoms with Gasteiger partial charge in [0.05, 0.1) is 0 Å². The quantitative estimate of drug-likeness (QED) is 0.161. The summed E-state index contributed by atoms with van der Waals surface area (Å²) in [4.78, 5) is 4.62. The van der Waals surface area contributed by atoms with E-state index in [1.54, 1.807) is 11.3 Å². The predicted octanol–water partition coefficient (Wildman–Crippen LogP) is 9.79. The van der Waals surface area contributed by atoms with E-state index in [2.05, 4.69) is 89.9 Å². The van der Waals surface area contributed by atoms with E-state index in [1.165, 1.54) is 4.70 Å². The number of thiophene rings is 1. The first kappa shape index (κ1) is 25.6. The topological polar surface area (TPSA) is 62.2 Å². The number of nitrogens with two attached hydrogens (primary N) is 1. The molecule has 0 aliphatic rings. The van der Waals surface area contributed by atoms with Crippen molar-refractivity contribution in [3.8, 4) is 33.4 Å². The van der Waals surface area contributed by atoms with Gasteiger partial charge in [0, 0.05) is 31.3 Å². The van der Waals surface area contributed by atoms with Crippen LogP contribution in [0.3, 0.4) is 0 Å². The van der Waals surface area contributed by atoms with Crippen LogP contribution in [0.4, 0.5) is 0 Å². The smallest absolute Gasteiger partial charge is 0.154 e.